The number of halogens is 1. The highest BCUT2D eigenvalue weighted by atomic mass is 79.9. The molecule has 224 valence electrons. The van der Waals surface area contributed by atoms with Gasteiger partial charge in [0.05, 0.1) is 22.3 Å². The number of rotatable bonds is 0. The van der Waals surface area contributed by atoms with Crippen molar-refractivity contribution in [2.45, 2.75) is 0 Å². The second-order valence-electron chi connectivity index (χ2n) is 10.2. The molecule has 0 bridgehead atoms. The summed E-state index contributed by atoms with van der Waals surface area (Å²) in [5.41, 5.74) is 4.30. The highest BCUT2D eigenvalue weighted by Gasteiger charge is 2.28. The number of carbonyl (C=O) groups excluding carboxylic acids is 4. The Bertz CT molecular complexity index is 2300. The van der Waals surface area contributed by atoms with Crippen LogP contribution in [0.15, 0.2) is 126 Å². The summed E-state index contributed by atoms with van der Waals surface area (Å²) >= 11 is 3.39. The van der Waals surface area contributed by atoms with Gasteiger partial charge < -0.3 is 9.47 Å². The number of carbonyl (C=O) groups is 4. The molecule has 0 aromatic heterocycles. The van der Waals surface area contributed by atoms with Gasteiger partial charge in [0, 0.05) is 31.9 Å². The summed E-state index contributed by atoms with van der Waals surface area (Å²) in [4.78, 5) is 46.9. The molecule has 47 heavy (non-hydrogen) atoms. The van der Waals surface area contributed by atoms with Crippen LogP contribution in [0.4, 0.5) is 0 Å². The van der Waals surface area contributed by atoms with Crippen LogP contribution in [0.3, 0.4) is 0 Å². The lowest BCUT2D eigenvalue weighted by atomic mass is 9.94. The summed E-state index contributed by atoms with van der Waals surface area (Å²) in [6.07, 6.45) is 5.10. The van der Waals surface area contributed by atoms with Gasteiger partial charge in [0.1, 0.15) is 0 Å². The van der Waals surface area contributed by atoms with E-state index in [0.29, 0.717) is 33.0 Å². The molecule has 0 saturated heterocycles. The van der Waals surface area contributed by atoms with E-state index < -0.39 is 23.9 Å². The standard InChI is InChI=1S/C20H10O3.C12H5BrO3.C8H6/c21-19-16-8-4-7-15-14(10-9-13-5-2-1-3-6-13)11-12-17(18(15)16)20(22)23-19;13-9-5-4-8-10-6(9)2-1-3-7(10)11(14)16-12(8)15;1-2-8-6-4-3-5-7-8/h1-8,11-12H;1-5H;1,3-7H. The first-order valence-corrected chi connectivity index (χ1v) is 15.0. The van der Waals surface area contributed by atoms with E-state index in [0.717, 1.165) is 31.9 Å². The minimum absolute atomic E-state index is 0.403. The molecule has 0 amide bonds. The van der Waals surface area contributed by atoms with Gasteiger partial charge in [0.2, 0.25) is 0 Å². The molecule has 0 aliphatic carbocycles. The number of cyclic esters (lactones) is 4. The molecule has 8 rings (SSSR count). The predicted molar refractivity (Wildman–Crippen MR) is 182 cm³/mol. The minimum Gasteiger partial charge on any atom is -0.386 e. The maximum atomic E-state index is 11.9. The molecule has 0 saturated carbocycles. The van der Waals surface area contributed by atoms with Crippen molar-refractivity contribution in [3.63, 3.8) is 0 Å². The molecule has 7 heteroatoms. The van der Waals surface area contributed by atoms with Gasteiger partial charge in [-0.05, 0) is 71.4 Å². The first-order valence-electron chi connectivity index (χ1n) is 14.2. The first-order chi connectivity index (χ1) is 22.9. The quantitative estimate of drug-likeness (QED) is 0.0917. The summed E-state index contributed by atoms with van der Waals surface area (Å²) in [5, 5.41) is 2.92. The fraction of sp³-hybridized carbons (Fsp3) is 0. The summed E-state index contributed by atoms with van der Waals surface area (Å²) in [7, 11) is 0. The molecule has 0 fully saturated rings. The zero-order chi connectivity index (χ0) is 32.9. The summed E-state index contributed by atoms with van der Waals surface area (Å²) < 4.78 is 10.3. The molecule has 6 nitrogen and oxygen atoms in total. The van der Waals surface area contributed by atoms with Gasteiger partial charge in [-0.25, -0.2) is 19.2 Å². The van der Waals surface area contributed by atoms with E-state index in [-0.39, 0.29) is 0 Å². The molecule has 0 atom stereocenters. The lowest BCUT2D eigenvalue weighted by Gasteiger charge is -2.15. The van der Waals surface area contributed by atoms with Gasteiger partial charge >= 0.3 is 23.9 Å². The largest absolute Gasteiger partial charge is 0.386 e. The maximum absolute atomic E-state index is 11.9. The Labute approximate surface area is 278 Å². The number of esters is 4. The van der Waals surface area contributed by atoms with Crippen molar-refractivity contribution in [1.82, 2.24) is 0 Å². The van der Waals surface area contributed by atoms with Crippen molar-refractivity contribution in [3.8, 4) is 24.2 Å². The monoisotopic (exact) mass is 676 g/mol. The summed E-state index contributed by atoms with van der Waals surface area (Å²) in [6.45, 7) is 0. The van der Waals surface area contributed by atoms with E-state index in [1.165, 1.54) is 0 Å². The van der Waals surface area contributed by atoms with Crippen molar-refractivity contribution < 1.29 is 28.7 Å². The second-order valence-corrected chi connectivity index (χ2v) is 11.0. The Kier molecular flexibility index (Phi) is 8.75. The average molecular weight is 678 g/mol. The van der Waals surface area contributed by atoms with Gasteiger partial charge in [-0.2, -0.15) is 0 Å². The van der Waals surface area contributed by atoms with Gasteiger partial charge in [0.15, 0.2) is 0 Å². The normalized spacial score (nSPS) is 12.3. The highest BCUT2D eigenvalue weighted by Crippen LogP contribution is 2.33. The Hall–Kier alpha value is -6.28. The van der Waals surface area contributed by atoms with Gasteiger partial charge in [-0.15, -0.1) is 6.42 Å². The van der Waals surface area contributed by atoms with Crippen molar-refractivity contribution in [3.05, 3.63) is 165 Å². The molecule has 6 aromatic carbocycles. The van der Waals surface area contributed by atoms with Gasteiger partial charge in [-0.1, -0.05) is 94.4 Å². The molecule has 2 aliphatic rings. The molecule has 0 unspecified atom stereocenters. The Morgan fingerprint density at radius 2 is 0.936 bits per heavy atom. The molecular formula is C40H21BrO6. The topological polar surface area (TPSA) is 86.7 Å². The predicted octanol–water partition coefficient (Wildman–Crippen LogP) is 8.13. The number of terminal acetylenes is 1. The van der Waals surface area contributed by atoms with Crippen LogP contribution in [-0.2, 0) is 9.47 Å². The summed E-state index contributed by atoms with van der Waals surface area (Å²) in [6, 6.07) is 36.7. The van der Waals surface area contributed by atoms with Crippen molar-refractivity contribution in [2.75, 3.05) is 0 Å². The Morgan fingerprint density at radius 3 is 1.47 bits per heavy atom. The van der Waals surface area contributed by atoms with Crippen LogP contribution in [0, 0.1) is 24.2 Å². The molecule has 2 heterocycles. The van der Waals surface area contributed by atoms with Crippen molar-refractivity contribution >= 4 is 61.4 Å². The molecule has 2 aliphatic heterocycles. The lowest BCUT2D eigenvalue weighted by molar-refractivity contribution is 0.0373. The molecular weight excluding hydrogens is 656 g/mol. The van der Waals surface area contributed by atoms with Crippen LogP contribution in [0.25, 0.3) is 21.5 Å². The van der Waals surface area contributed by atoms with Crippen LogP contribution in [-0.4, -0.2) is 23.9 Å². The van der Waals surface area contributed by atoms with E-state index >= 15 is 0 Å². The lowest BCUT2D eigenvalue weighted by Crippen LogP contribution is -2.19. The SMILES string of the molecule is C#Cc1ccccc1.O=C1OC(=O)c2ccc(Br)c3cccc1c23.O=C1OC(=O)c2ccc(C#Cc3ccccc3)c3cccc1c23. The van der Waals surface area contributed by atoms with E-state index in [1.807, 2.05) is 72.8 Å². The second kappa shape index (κ2) is 13.4. The maximum Gasteiger partial charge on any atom is 0.346 e. The average Bonchev–Trinajstić information content (AvgIpc) is 3.10. The number of ether oxygens (including phenoxy) is 2. The van der Waals surface area contributed by atoms with E-state index in [9.17, 15) is 19.2 Å². The van der Waals surface area contributed by atoms with Crippen LogP contribution in [0.1, 0.15) is 58.1 Å². The molecule has 0 spiro atoms. The third-order valence-corrected chi connectivity index (χ3v) is 8.03. The number of hydrogen-bond donors (Lipinski definition) is 0. The van der Waals surface area contributed by atoms with Crippen molar-refractivity contribution in [2.24, 2.45) is 0 Å². The van der Waals surface area contributed by atoms with Gasteiger partial charge in [-0.3, -0.25) is 0 Å². The molecule has 6 aromatic rings. The van der Waals surface area contributed by atoms with E-state index in [1.54, 1.807) is 48.5 Å². The van der Waals surface area contributed by atoms with Crippen LogP contribution in [0.5, 0.6) is 0 Å². The smallest absolute Gasteiger partial charge is 0.346 e. The number of hydrogen-bond acceptors (Lipinski definition) is 6. The van der Waals surface area contributed by atoms with Crippen molar-refractivity contribution in [1.29, 1.82) is 0 Å². The highest BCUT2D eigenvalue weighted by molar-refractivity contribution is 9.10. The minimum atomic E-state index is -0.610. The van der Waals surface area contributed by atoms with Gasteiger partial charge in [0.25, 0.3) is 0 Å². The van der Waals surface area contributed by atoms with Crippen LogP contribution >= 0.6 is 15.9 Å². The summed E-state index contributed by atoms with van der Waals surface area (Å²) in [5.74, 6) is 6.36. The molecule has 0 N–H and O–H groups in total. The Balaban J connectivity index is 0.000000139. The zero-order valence-electron chi connectivity index (χ0n) is 24.5. The zero-order valence-corrected chi connectivity index (χ0v) is 26.0. The fourth-order valence-electron chi connectivity index (χ4n) is 5.15. The van der Waals surface area contributed by atoms with E-state index in [2.05, 4.69) is 38.4 Å². The fourth-order valence-corrected chi connectivity index (χ4v) is 5.61. The van der Waals surface area contributed by atoms with Crippen LogP contribution in [0.2, 0.25) is 0 Å². The third-order valence-electron chi connectivity index (χ3n) is 7.33. The molecule has 0 radical (unpaired) electrons. The first kappa shape index (κ1) is 30.7. The third kappa shape index (κ3) is 6.30. The number of benzene rings is 6. The van der Waals surface area contributed by atoms with Crippen LogP contribution < -0.4 is 0 Å². The Morgan fingerprint density at radius 1 is 0.468 bits per heavy atom. The van der Waals surface area contributed by atoms with E-state index in [4.69, 9.17) is 11.2 Å².